The molecule has 0 saturated carbocycles. The van der Waals surface area contributed by atoms with Gasteiger partial charge in [-0.25, -0.2) is 4.21 Å². The van der Waals surface area contributed by atoms with Gasteiger partial charge in [0.05, 0.1) is 0 Å². The minimum atomic E-state index is -1.69. The van der Waals surface area contributed by atoms with E-state index in [0.717, 1.165) is 5.67 Å². The van der Waals surface area contributed by atoms with E-state index >= 15 is 0 Å². The molecule has 0 spiro atoms. The molecule has 1 aliphatic heterocycles. The van der Waals surface area contributed by atoms with Crippen molar-refractivity contribution < 1.29 is 13.2 Å². The van der Waals surface area contributed by atoms with Crippen LogP contribution in [0.4, 0.5) is 0 Å². The van der Waals surface area contributed by atoms with Crippen molar-refractivity contribution in [3.63, 3.8) is 0 Å². The van der Waals surface area contributed by atoms with E-state index < -0.39 is 24.7 Å². The fraction of sp³-hybridized carbons (Fsp3) is 1.00. The van der Waals surface area contributed by atoms with Crippen LogP contribution in [0.15, 0.2) is 0 Å². The highest BCUT2D eigenvalue weighted by Gasteiger charge is 2.46. The summed E-state index contributed by atoms with van der Waals surface area (Å²) < 4.78 is 22.3. The van der Waals surface area contributed by atoms with E-state index in [1.807, 2.05) is 0 Å². The maximum atomic E-state index is 11.2. The van der Waals surface area contributed by atoms with Crippen molar-refractivity contribution in [2.75, 3.05) is 6.35 Å². The fourth-order valence-corrected chi connectivity index (χ4v) is 15.3. The highest BCUT2D eigenvalue weighted by molar-refractivity contribution is 7.41. The minimum absolute atomic E-state index is 0.311. The maximum Gasteiger partial charge on any atom is 0.524 e. The third-order valence-electron chi connectivity index (χ3n) is 1.76. The summed E-state index contributed by atoms with van der Waals surface area (Å²) in [6.45, 7) is 8.56. The molecule has 0 radical (unpaired) electrons. The molecule has 6 heteroatoms. The molecule has 3 nitrogen and oxygen atoms in total. The summed E-state index contributed by atoms with van der Waals surface area (Å²) in [7, 11) is -4.79. The van der Waals surface area contributed by atoms with Crippen LogP contribution >= 0.6 is 8.03 Å². The molecule has 1 fully saturated rings. The molecular weight excluding hydrogens is 207 g/mol. The predicted molar refractivity (Wildman–Crippen MR) is 54.4 cm³/mol. The highest BCUT2D eigenvalue weighted by atomic mass is 31.1. The standard InChI is InChI=1S/C6H16O3PSi2/c1-11(2)6-12(3,4)9-10(7)5-8-11/h5-6H2,1-4H3/q+1. The molecule has 1 heterocycles. The lowest BCUT2D eigenvalue weighted by atomic mass is 11.7. The number of hydrogen-bond donors (Lipinski definition) is 0. The Hall–Kier alpha value is 0.454. The zero-order valence-corrected chi connectivity index (χ0v) is 11.0. The van der Waals surface area contributed by atoms with Crippen molar-refractivity contribution in [2.45, 2.75) is 31.9 Å². The average molecular weight is 223 g/mol. The predicted octanol–water partition coefficient (Wildman–Crippen LogP) is 2.68. The molecule has 0 aliphatic carbocycles. The molecule has 0 aromatic rings. The summed E-state index contributed by atoms with van der Waals surface area (Å²) in [5, 5.41) is 0. The van der Waals surface area contributed by atoms with Gasteiger partial charge in [0.15, 0.2) is 8.32 Å². The molecule has 1 rings (SSSR count). The van der Waals surface area contributed by atoms with E-state index in [0.29, 0.717) is 6.35 Å². The van der Waals surface area contributed by atoms with E-state index in [2.05, 4.69) is 26.2 Å². The molecule has 12 heavy (non-hydrogen) atoms. The Balaban J connectivity index is 2.76. The van der Waals surface area contributed by atoms with Crippen molar-refractivity contribution in [3.05, 3.63) is 0 Å². The summed E-state index contributed by atoms with van der Waals surface area (Å²) in [5.41, 5.74) is 1.04. The van der Waals surface area contributed by atoms with Crippen molar-refractivity contribution in [2.24, 2.45) is 0 Å². The molecule has 70 valence electrons. The van der Waals surface area contributed by atoms with E-state index in [4.69, 9.17) is 8.64 Å². The van der Waals surface area contributed by atoms with Gasteiger partial charge in [-0.15, -0.1) is 0 Å². The summed E-state index contributed by atoms with van der Waals surface area (Å²) in [4.78, 5) is 0. The molecule has 0 amide bonds. The molecule has 1 saturated heterocycles. The van der Waals surface area contributed by atoms with E-state index in [9.17, 15) is 4.57 Å². The Morgan fingerprint density at radius 2 is 1.75 bits per heavy atom. The maximum absolute atomic E-state index is 11.2. The lowest BCUT2D eigenvalue weighted by Gasteiger charge is -2.22. The van der Waals surface area contributed by atoms with Crippen molar-refractivity contribution in [1.82, 2.24) is 0 Å². The van der Waals surface area contributed by atoms with Crippen molar-refractivity contribution in [1.29, 1.82) is 0 Å². The lowest BCUT2D eigenvalue weighted by Crippen LogP contribution is -2.40. The summed E-state index contributed by atoms with van der Waals surface area (Å²) >= 11 is 0. The van der Waals surface area contributed by atoms with Crippen LogP contribution in [0.1, 0.15) is 0 Å². The Morgan fingerprint density at radius 3 is 2.33 bits per heavy atom. The summed E-state index contributed by atoms with van der Waals surface area (Å²) in [6.07, 6.45) is 0.311. The second kappa shape index (κ2) is 3.31. The van der Waals surface area contributed by atoms with Gasteiger partial charge in [-0.05, 0) is 36.4 Å². The van der Waals surface area contributed by atoms with Gasteiger partial charge in [-0.3, -0.25) is 0 Å². The summed E-state index contributed by atoms with van der Waals surface area (Å²) in [6, 6.07) is 0. The van der Waals surface area contributed by atoms with Crippen LogP contribution in [0.25, 0.3) is 0 Å². The fourth-order valence-electron chi connectivity index (χ4n) is 1.64. The topological polar surface area (TPSA) is 35.5 Å². The molecule has 0 aromatic carbocycles. The smallest absolute Gasteiger partial charge is 0.377 e. The average Bonchev–Trinajstić information content (AvgIpc) is 1.86. The first-order valence-corrected chi connectivity index (χ1v) is 11.7. The first kappa shape index (κ1) is 10.5. The normalized spacial score (nSPS) is 31.2. The summed E-state index contributed by atoms with van der Waals surface area (Å²) in [5.74, 6) is 0. The van der Waals surface area contributed by atoms with Gasteiger partial charge in [0, 0.05) is 0 Å². The zero-order chi connectivity index (χ0) is 9.41. The Morgan fingerprint density at radius 1 is 1.17 bits per heavy atom. The minimum Gasteiger partial charge on any atom is -0.377 e. The van der Waals surface area contributed by atoms with E-state index in [1.54, 1.807) is 0 Å². The third-order valence-corrected chi connectivity index (χ3v) is 12.9. The van der Waals surface area contributed by atoms with Crippen LogP contribution in [0.3, 0.4) is 0 Å². The van der Waals surface area contributed by atoms with Crippen LogP contribution in [-0.2, 0) is 13.2 Å². The molecule has 1 atom stereocenters. The van der Waals surface area contributed by atoms with Gasteiger partial charge in [0.2, 0.25) is 0 Å². The quantitative estimate of drug-likeness (QED) is 0.468. The van der Waals surface area contributed by atoms with Gasteiger partial charge in [-0.2, -0.15) is 0 Å². The van der Waals surface area contributed by atoms with Crippen molar-refractivity contribution >= 4 is 24.7 Å². The molecule has 0 bridgehead atoms. The number of hydrogen-bond acceptors (Lipinski definition) is 3. The van der Waals surface area contributed by atoms with Gasteiger partial charge < -0.3 is 4.43 Å². The van der Waals surface area contributed by atoms with Crippen LogP contribution in [0, 0.1) is 0 Å². The SMILES string of the molecule is C[Si]1(C)C[Si](C)(C)O[P+](=O)CO1. The van der Waals surface area contributed by atoms with Crippen LogP contribution < -0.4 is 0 Å². The van der Waals surface area contributed by atoms with Gasteiger partial charge in [0.25, 0.3) is 14.7 Å². The lowest BCUT2D eigenvalue weighted by molar-refractivity contribution is 0.365. The highest BCUT2D eigenvalue weighted by Crippen LogP contribution is 2.37. The first-order valence-electron chi connectivity index (χ1n) is 4.09. The monoisotopic (exact) mass is 223 g/mol. The molecule has 0 aromatic heterocycles. The van der Waals surface area contributed by atoms with Crippen molar-refractivity contribution in [3.8, 4) is 0 Å². The van der Waals surface area contributed by atoms with Crippen LogP contribution in [-0.4, -0.2) is 23.0 Å². The van der Waals surface area contributed by atoms with Gasteiger partial charge >= 0.3 is 8.03 Å². The molecule has 1 aliphatic rings. The second-order valence-electron chi connectivity index (χ2n) is 4.39. The van der Waals surface area contributed by atoms with Crippen LogP contribution in [0.2, 0.25) is 31.9 Å². The first-order chi connectivity index (χ1) is 5.31. The van der Waals surface area contributed by atoms with Crippen LogP contribution in [0.5, 0.6) is 0 Å². The largest absolute Gasteiger partial charge is 0.524 e. The Labute approximate surface area is 76.6 Å². The van der Waals surface area contributed by atoms with E-state index in [-0.39, 0.29) is 0 Å². The molecule has 0 N–H and O–H groups in total. The second-order valence-corrected chi connectivity index (χ2v) is 14.8. The molecule has 1 unspecified atom stereocenters. The Kier molecular flexibility index (Phi) is 2.90. The van der Waals surface area contributed by atoms with Gasteiger partial charge in [0.1, 0.15) is 0 Å². The third kappa shape index (κ3) is 3.07. The van der Waals surface area contributed by atoms with E-state index in [1.165, 1.54) is 0 Å². The Bertz CT molecular complexity index is 205. The number of rotatable bonds is 0. The zero-order valence-electron chi connectivity index (χ0n) is 8.09. The molecular formula is C6H16O3PSi2+. The van der Waals surface area contributed by atoms with Gasteiger partial charge in [-0.1, -0.05) is 0 Å².